The summed E-state index contributed by atoms with van der Waals surface area (Å²) in [6, 6.07) is 9.25. The van der Waals surface area contributed by atoms with Crippen molar-refractivity contribution in [2.75, 3.05) is 0 Å². The number of benzene rings is 2. The largest absolute Gasteiger partial charge is 0.309 e. The second kappa shape index (κ2) is 7.96. The summed E-state index contributed by atoms with van der Waals surface area (Å²) < 4.78 is 1.80. The highest BCUT2D eigenvalue weighted by Crippen LogP contribution is 2.41. The van der Waals surface area contributed by atoms with Crippen LogP contribution in [0.15, 0.2) is 64.2 Å². The molecule has 0 radical (unpaired) electrons. The Hall–Kier alpha value is -2.51. The highest BCUT2D eigenvalue weighted by molar-refractivity contribution is 9.11. The first-order valence-electron chi connectivity index (χ1n) is 9.43. The first kappa shape index (κ1) is 20.8. The molecule has 0 aromatic heterocycles. The molecule has 2 aromatic rings. The molecule has 2 aromatic carbocycles. The molecule has 0 spiro atoms. The highest BCUT2D eigenvalue weighted by atomic mass is 79.9. The van der Waals surface area contributed by atoms with Crippen molar-refractivity contribution in [3.63, 3.8) is 0 Å². The second-order valence-corrected chi connectivity index (χ2v) is 8.87. The number of nitrogens with zero attached hydrogens (tertiary/aromatic N) is 2. The van der Waals surface area contributed by atoms with E-state index in [2.05, 4.69) is 38.4 Å². The fraction of sp³-hybridized carbons (Fsp3) is 0.174. The van der Waals surface area contributed by atoms with E-state index in [1.54, 1.807) is 48.4 Å². The molecule has 2 aliphatic rings. The van der Waals surface area contributed by atoms with Gasteiger partial charge >= 0.3 is 0 Å². The van der Waals surface area contributed by atoms with Crippen molar-refractivity contribution < 1.29 is 14.4 Å². The van der Waals surface area contributed by atoms with Gasteiger partial charge in [0.05, 0.1) is 17.2 Å². The Bertz CT molecular complexity index is 1090. The first-order chi connectivity index (χ1) is 14.4. The van der Waals surface area contributed by atoms with Gasteiger partial charge in [-0.1, -0.05) is 50.1 Å². The predicted octanol–water partition coefficient (Wildman–Crippen LogP) is 5.33. The highest BCUT2D eigenvalue weighted by Gasteiger charge is 2.43. The Morgan fingerprint density at radius 3 is 2.30 bits per heavy atom. The standard InChI is InChI=1S/C23H18Br2N2O3/c1-3-6-19-20-16(17(24)9-10-18(20)25)11-12-26(19)21(28)13(2)27-22(29)14-7-4-5-8-15(14)23(27)30/h3-5,7-13,19H,1,6H2,2H3/t13-,19+/m0/s1. The van der Waals surface area contributed by atoms with E-state index in [-0.39, 0.29) is 11.9 Å². The lowest BCUT2D eigenvalue weighted by Gasteiger charge is -2.36. The number of amides is 3. The normalized spacial score (nSPS) is 18.3. The molecule has 152 valence electrons. The van der Waals surface area contributed by atoms with Crippen LogP contribution in [-0.2, 0) is 4.79 Å². The quantitative estimate of drug-likeness (QED) is 0.397. The molecular weight excluding hydrogens is 512 g/mol. The maximum Gasteiger partial charge on any atom is 0.262 e. The number of hydrogen-bond acceptors (Lipinski definition) is 3. The van der Waals surface area contributed by atoms with Gasteiger partial charge in [-0.15, -0.1) is 6.58 Å². The maximum atomic E-state index is 13.5. The van der Waals surface area contributed by atoms with Crippen molar-refractivity contribution in [3.05, 3.63) is 86.5 Å². The van der Waals surface area contributed by atoms with Gasteiger partial charge in [-0.25, -0.2) is 0 Å². The van der Waals surface area contributed by atoms with Crippen LogP contribution in [0.3, 0.4) is 0 Å². The summed E-state index contributed by atoms with van der Waals surface area (Å²) >= 11 is 7.17. The van der Waals surface area contributed by atoms with Crippen LogP contribution in [0.5, 0.6) is 0 Å². The summed E-state index contributed by atoms with van der Waals surface area (Å²) in [4.78, 5) is 41.8. The molecular formula is C23H18Br2N2O3. The maximum absolute atomic E-state index is 13.5. The molecule has 2 aliphatic heterocycles. The first-order valence-corrected chi connectivity index (χ1v) is 11.0. The number of carbonyl (C=O) groups excluding carboxylic acids is 3. The van der Waals surface area contributed by atoms with E-state index in [0.717, 1.165) is 25.0 Å². The minimum atomic E-state index is -0.943. The van der Waals surface area contributed by atoms with Gasteiger partial charge in [0.25, 0.3) is 11.8 Å². The summed E-state index contributed by atoms with van der Waals surface area (Å²) in [6.45, 7) is 5.43. The van der Waals surface area contributed by atoms with Gasteiger partial charge in [0.15, 0.2) is 0 Å². The molecule has 7 heteroatoms. The fourth-order valence-electron chi connectivity index (χ4n) is 3.99. The van der Waals surface area contributed by atoms with Gasteiger partial charge in [-0.2, -0.15) is 0 Å². The molecule has 0 saturated carbocycles. The second-order valence-electron chi connectivity index (χ2n) is 7.16. The molecule has 5 nitrogen and oxygen atoms in total. The number of halogens is 2. The van der Waals surface area contributed by atoms with Gasteiger partial charge < -0.3 is 4.90 Å². The van der Waals surface area contributed by atoms with E-state index in [4.69, 9.17) is 0 Å². The third kappa shape index (κ3) is 3.17. The zero-order chi connectivity index (χ0) is 21.6. The predicted molar refractivity (Wildman–Crippen MR) is 122 cm³/mol. The van der Waals surface area contributed by atoms with Crippen LogP contribution in [0.1, 0.15) is 51.2 Å². The summed E-state index contributed by atoms with van der Waals surface area (Å²) in [5.74, 6) is -1.21. The molecule has 4 rings (SSSR count). The van der Waals surface area contributed by atoms with Gasteiger partial charge in [-0.05, 0) is 54.8 Å². The minimum absolute atomic E-state index is 0.306. The molecule has 0 unspecified atom stereocenters. The van der Waals surface area contributed by atoms with Gasteiger partial charge in [0.2, 0.25) is 5.91 Å². The third-order valence-corrected chi connectivity index (χ3v) is 6.85. The number of hydrogen-bond donors (Lipinski definition) is 0. The molecule has 0 bridgehead atoms. The van der Waals surface area contributed by atoms with E-state index < -0.39 is 17.9 Å². The van der Waals surface area contributed by atoms with E-state index in [1.807, 2.05) is 18.2 Å². The Morgan fingerprint density at radius 1 is 1.10 bits per heavy atom. The zero-order valence-corrected chi connectivity index (χ0v) is 19.3. The Balaban J connectivity index is 1.70. The number of rotatable bonds is 4. The van der Waals surface area contributed by atoms with Crippen LogP contribution in [0.4, 0.5) is 0 Å². The lowest BCUT2D eigenvalue weighted by Crippen LogP contribution is -2.49. The Morgan fingerprint density at radius 2 is 1.70 bits per heavy atom. The van der Waals surface area contributed by atoms with Crippen molar-refractivity contribution in [1.82, 2.24) is 9.80 Å². The van der Waals surface area contributed by atoms with Crippen molar-refractivity contribution >= 4 is 55.7 Å². The summed E-state index contributed by atoms with van der Waals surface area (Å²) in [5, 5.41) is 0. The SMILES string of the molecule is C=CC[C@@H]1c2c(Br)ccc(Br)c2C=CN1C(=O)[C@H](C)N1C(=O)c2ccccc2C1=O. The van der Waals surface area contributed by atoms with E-state index in [1.165, 1.54) is 0 Å². The Labute approximate surface area is 191 Å². The fourth-order valence-corrected chi connectivity index (χ4v) is 5.08. The summed E-state index contributed by atoms with van der Waals surface area (Å²) in [7, 11) is 0. The molecule has 0 aliphatic carbocycles. The average Bonchev–Trinajstić information content (AvgIpc) is 3.00. The molecule has 0 saturated heterocycles. The molecule has 3 amide bonds. The minimum Gasteiger partial charge on any atom is -0.309 e. The third-order valence-electron chi connectivity index (χ3n) is 5.47. The molecule has 2 atom stereocenters. The van der Waals surface area contributed by atoms with Gasteiger partial charge in [0.1, 0.15) is 6.04 Å². The number of imide groups is 1. The van der Waals surface area contributed by atoms with Gasteiger partial charge in [-0.3, -0.25) is 19.3 Å². The monoisotopic (exact) mass is 528 g/mol. The smallest absolute Gasteiger partial charge is 0.262 e. The van der Waals surface area contributed by atoms with Crippen LogP contribution in [0.2, 0.25) is 0 Å². The molecule has 30 heavy (non-hydrogen) atoms. The van der Waals surface area contributed by atoms with E-state index >= 15 is 0 Å². The topological polar surface area (TPSA) is 57.7 Å². The molecule has 0 fully saturated rings. The van der Waals surface area contributed by atoms with E-state index in [0.29, 0.717) is 17.5 Å². The molecule has 2 heterocycles. The van der Waals surface area contributed by atoms with Crippen LogP contribution in [0.25, 0.3) is 6.08 Å². The van der Waals surface area contributed by atoms with Crippen LogP contribution < -0.4 is 0 Å². The van der Waals surface area contributed by atoms with E-state index in [9.17, 15) is 14.4 Å². The van der Waals surface area contributed by atoms with Gasteiger partial charge in [0, 0.05) is 15.1 Å². The van der Waals surface area contributed by atoms with Crippen molar-refractivity contribution in [2.24, 2.45) is 0 Å². The van der Waals surface area contributed by atoms with Crippen LogP contribution in [-0.4, -0.2) is 33.6 Å². The Kier molecular flexibility index (Phi) is 5.51. The number of carbonyl (C=O) groups is 3. The average molecular weight is 530 g/mol. The lowest BCUT2D eigenvalue weighted by molar-refractivity contribution is -0.134. The van der Waals surface area contributed by atoms with Crippen molar-refractivity contribution in [3.8, 4) is 0 Å². The van der Waals surface area contributed by atoms with Crippen molar-refractivity contribution in [2.45, 2.75) is 25.4 Å². The van der Waals surface area contributed by atoms with Crippen molar-refractivity contribution in [1.29, 1.82) is 0 Å². The number of fused-ring (bicyclic) bond motifs is 2. The lowest BCUT2D eigenvalue weighted by atomic mass is 9.93. The van der Waals surface area contributed by atoms with Crippen LogP contribution >= 0.6 is 31.9 Å². The zero-order valence-electron chi connectivity index (χ0n) is 16.1. The summed E-state index contributed by atoms with van der Waals surface area (Å²) in [5.41, 5.74) is 2.59. The molecule has 0 N–H and O–H groups in total. The van der Waals surface area contributed by atoms with Crippen LogP contribution in [0, 0.1) is 0 Å². The summed E-state index contributed by atoms with van der Waals surface area (Å²) in [6.07, 6.45) is 5.85.